The summed E-state index contributed by atoms with van der Waals surface area (Å²) >= 11 is 0. The van der Waals surface area contributed by atoms with E-state index in [1.807, 2.05) is 25.9 Å². The summed E-state index contributed by atoms with van der Waals surface area (Å²) in [6.45, 7) is 6.19. The molecule has 13 heteroatoms. The van der Waals surface area contributed by atoms with E-state index in [9.17, 15) is 33.1 Å². The molecule has 4 rings (SSSR count). The predicted octanol–water partition coefficient (Wildman–Crippen LogP) is 3.95. The Balaban J connectivity index is 1.90. The number of nitriles is 1. The summed E-state index contributed by atoms with van der Waals surface area (Å²) in [6, 6.07) is 10.1. The summed E-state index contributed by atoms with van der Waals surface area (Å²) in [5, 5.41) is 26.4. The minimum absolute atomic E-state index is 0.00500. The Bertz CT molecular complexity index is 1590. The number of nitrogens with one attached hydrogen (secondary N) is 1. The van der Waals surface area contributed by atoms with Crippen molar-refractivity contribution in [2.75, 3.05) is 38.6 Å². The van der Waals surface area contributed by atoms with Gasteiger partial charge >= 0.3 is 17.8 Å². The zero-order chi connectivity index (χ0) is 30.1. The third-order valence-corrected chi connectivity index (χ3v) is 7.21. The van der Waals surface area contributed by atoms with Crippen molar-refractivity contribution in [3.63, 3.8) is 0 Å². The summed E-state index contributed by atoms with van der Waals surface area (Å²) in [5.41, 5.74) is -0.326. The molecule has 0 amide bonds. The first-order valence-corrected chi connectivity index (χ1v) is 12.9. The molecular weight excluding hydrogens is 539 g/mol. The lowest BCUT2D eigenvalue weighted by atomic mass is 9.90. The second-order valence-corrected chi connectivity index (χ2v) is 9.95. The molecule has 2 aromatic carbocycles. The molecule has 1 aromatic heterocycles. The Morgan fingerprint density at radius 3 is 2.51 bits per heavy atom. The minimum atomic E-state index is -4.64. The first kappa shape index (κ1) is 29.6. The highest BCUT2D eigenvalue weighted by molar-refractivity contribution is 5.92. The molecule has 1 aliphatic heterocycles. The Kier molecular flexibility index (Phi) is 8.37. The molecule has 3 aromatic rings. The molecule has 1 aliphatic rings. The molecule has 0 saturated carbocycles. The second-order valence-electron chi connectivity index (χ2n) is 9.95. The summed E-state index contributed by atoms with van der Waals surface area (Å²) in [5.74, 6) is -1.41. The maximum atomic E-state index is 13.5. The Morgan fingerprint density at radius 2 is 1.88 bits per heavy atom. The molecule has 10 nitrogen and oxygen atoms in total. The number of rotatable bonds is 9. The van der Waals surface area contributed by atoms with Crippen molar-refractivity contribution in [2.24, 2.45) is 0 Å². The lowest BCUT2D eigenvalue weighted by Crippen LogP contribution is -2.38. The maximum Gasteiger partial charge on any atom is 0.416 e. The van der Waals surface area contributed by atoms with E-state index in [1.165, 1.54) is 24.0 Å². The van der Waals surface area contributed by atoms with E-state index < -0.39 is 29.4 Å². The van der Waals surface area contributed by atoms with Crippen LogP contribution in [0.4, 0.5) is 24.8 Å². The standard InChI is InChI=1S/C28H30F3N7O3/c1-5-35(3)11-12-36(4)16-19-13-18(15-32)9-10-22(19)24-23(25(39)40)17(2)37(26-33-34-27(41)38(24)26)21-8-6-7-20(14-21)28(29,30)31/h6-10,13-14,24H,5,11-12,16H2,1-4H3,(H,34,41)(H,39,40)/t24-/m1/s1. The van der Waals surface area contributed by atoms with Crippen LogP contribution in [-0.2, 0) is 17.5 Å². The van der Waals surface area contributed by atoms with Gasteiger partial charge < -0.3 is 14.9 Å². The number of benzene rings is 2. The number of halogens is 3. The van der Waals surface area contributed by atoms with E-state index in [2.05, 4.69) is 21.2 Å². The average Bonchev–Trinajstić information content (AvgIpc) is 3.31. The number of anilines is 2. The van der Waals surface area contributed by atoms with Crippen LogP contribution < -0.4 is 10.6 Å². The van der Waals surface area contributed by atoms with Gasteiger partial charge in [0.05, 0.1) is 22.8 Å². The van der Waals surface area contributed by atoms with Crippen LogP contribution in [0.15, 0.2) is 58.5 Å². The first-order valence-electron chi connectivity index (χ1n) is 12.9. The van der Waals surface area contributed by atoms with Gasteiger partial charge in [0.1, 0.15) is 6.04 Å². The van der Waals surface area contributed by atoms with Crippen molar-refractivity contribution in [3.05, 3.63) is 86.5 Å². The third-order valence-electron chi connectivity index (χ3n) is 7.21. The topological polar surface area (TPSA) is 121 Å². The Labute approximate surface area is 234 Å². The number of carbonyl (C=O) groups is 1. The van der Waals surface area contributed by atoms with Crippen LogP contribution in [0, 0.1) is 11.3 Å². The summed E-state index contributed by atoms with van der Waals surface area (Å²) in [7, 11) is 3.89. The summed E-state index contributed by atoms with van der Waals surface area (Å²) in [6.07, 6.45) is -4.64. The van der Waals surface area contributed by atoms with Crippen LogP contribution in [0.25, 0.3) is 0 Å². The quantitative estimate of drug-likeness (QED) is 0.398. The fraction of sp³-hybridized carbons (Fsp3) is 0.357. The normalized spacial score (nSPS) is 15.4. The van der Waals surface area contributed by atoms with Gasteiger partial charge in [0.15, 0.2) is 0 Å². The predicted molar refractivity (Wildman–Crippen MR) is 146 cm³/mol. The number of hydrogen-bond acceptors (Lipinski definition) is 7. The molecule has 0 radical (unpaired) electrons. The molecule has 0 spiro atoms. The largest absolute Gasteiger partial charge is 0.478 e. The zero-order valence-corrected chi connectivity index (χ0v) is 23.0. The molecule has 41 heavy (non-hydrogen) atoms. The Morgan fingerprint density at radius 1 is 1.17 bits per heavy atom. The molecule has 0 aliphatic carbocycles. The SMILES string of the molecule is CCN(C)CCN(C)Cc1cc(C#N)ccc1[C@@H]1C(C(=O)O)=C(C)N(c2cccc(C(F)(F)F)c2)c2n[nH]c(=O)n21. The van der Waals surface area contributed by atoms with E-state index in [-0.39, 0.29) is 22.9 Å². The minimum Gasteiger partial charge on any atom is -0.478 e. The highest BCUT2D eigenvalue weighted by Gasteiger charge is 2.40. The van der Waals surface area contributed by atoms with Crippen molar-refractivity contribution >= 4 is 17.6 Å². The molecule has 0 fully saturated rings. The zero-order valence-electron chi connectivity index (χ0n) is 23.0. The summed E-state index contributed by atoms with van der Waals surface area (Å²) in [4.78, 5) is 31.3. The van der Waals surface area contributed by atoms with Crippen molar-refractivity contribution in [2.45, 2.75) is 32.6 Å². The number of likely N-dealkylation sites (N-methyl/N-ethyl adjacent to an activating group) is 2. The van der Waals surface area contributed by atoms with E-state index in [0.29, 0.717) is 29.8 Å². The lowest BCUT2D eigenvalue weighted by Gasteiger charge is -2.36. The van der Waals surface area contributed by atoms with Crippen LogP contribution in [0.5, 0.6) is 0 Å². The molecule has 216 valence electrons. The average molecular weight is 570 g/mol. The molecule has 2 heterocycles. The lowest BCUT2D eigenvalue weighted by molar-refractivity contribution is -0.137. The van der Waals surface area contributed by atoms with Gasteiger partial charge in [-0.05, 0) is 69.0 Å². The molecule has 0 bridgehead atoms. The number of nitrogens with zero attached hydrogens (tertiary/aromatic N) is 6. The monoisotopic (exact) mass is 569 g/mol. The van der Waals surface area contributed by atoms with Crippen LogP contribution in [0.3, 0.4) is 0 Å². The molecule has 1 atom stereocenters. The van der Waals surface area contributed by atoms with Gasteiger partial charge in [-0.25, -0.2) is 19.3 Å². The number of aromatic nitrogens is 3. The highest BCUT2D eigenvalue weighted by atomic mass is 19.4. The number of allylic oxidation sites excluding steroid dienone is 1. The molecule has 0 unspecified atom stereocenters. The van der Waals surface area contributed by atoms with E-state index in [4.69, 9.17) is 0 Å². The van der Waals surface area contributed by atoms with Crippen LogP contribution in [0.2, 0.25) is 0 Å². The number of aromatic amines is 1. The fourth-order valence-electron chi connectivity index (χ4n) is 4.93. The number of fused-ring (bicyclic) bond motifs is 1. The van der Waals surface area contributed by atoms with Gasteiger partial charge in [-0.15, -0.1) is 5.10 Å². The summed E-state index contributed by atoms with van der Waals surface area (Å²) < 4.78 is 41.7. The van der Waals surface area contributed by atoms with E-state index in [0.717, 1.165) is 29.8 Å². The second kappa shape index (κ2) is 11.6. The van der Waals surface area contributed by atoms with Gasteiger partial charge in [-0.2, -0.15) is 18.4 Å². The van der Waals surface area contributed by atoms with Gasteiger partial charge in [0, 0.05) is 31.0 Å². The van der Waals surface area contributed by atoms with E-state index in [1.54, 1.807) is 18.2 Å². The number of alkyl halides is 3. The third kappa shape index (κ3) is 5.89. The van der Waals surface area contributed by atoms with Crippen LogP contribution in [-0.4, -0.2) is 69.4 Å². The van der Waals surface area contributed by atoms with Crippen LogP contribution in [0.1, 0.15) is 42.1 Å². The first-order chi connectivity index (χ1) is 19.4. The number of carboxylic acids is 1. The van der Waals surface area contributed by atoms with Gasteiger partial charge in [-0.1, -0.05) is 19.1 Å². The highest BCUT2D eigenvalue weighted by Crippen LogP contribution is 2.43. The fourth-order valence-corrected chi connectivity index (χ4v) is 4.93. The molecular formula is C28H30F3N7O3. The number of carboxylic acid groups (broad SMARTS) is 1. The maximum absolute atomic E-state index is 13.5. The number of aliphatic carboxylic acids is 1. The number of H-pyrrole nitrogens is 1. The van der Waals surface area contributed by atoms with Gasteiger partial charge in [0.25, 0.3) is 0 Å². The Hall–Kier alpha value is -4.41. The van der Waals surface area contributed by atoms with Crippen molar-refractivity contribution in [1.82, 2.24) is 24.6 Å². The van der Waals surface area contributed by atoms with Gasteiger partial charge in [-0.3, -0.25) is 4.90 Å². The van der Waals surface area contributed by atoms with Crippen molar-refractivity contribution in [3.8, 4) is 6.07 Å². The smallest absolute Gasteiger partial charge is 0.416 e. The van der Waals surface area contributed by atoms with E-state index >= 15 is 0 Å². The van der Waals surface area contributed by atoms with Crippen molar-refractivity contribution < 1.29 is 23.1 Å². The van der Waals surface area contributed by atoms with Crippen molar-refractivity contribution in [1.29, 1.82) is 5.26 Å². The molecule has 0 saturated heterocycles. The van der Waals surface area contributed by atoms with Gasteiger partial charge in [0.2, 0.25) is 5.95 Å². The molecule has 2 N–H and O–H groups in total. The number of hydrogen-bond donors (Lipinski definition) is 2. The van der Waals surface area contributed by atoms with Crippen LogP contribution >= 0.6 is 0 Å².